The predicted octanol–water partition coefficient (Wildman–Crippen LogP) is 3.71. The van der Waals surface area contributed by atoms with Crippen molar-refractivity contribution in [2.45, 2.75) is 19.9 Å². The minimum atomic E-state index is -0.184. The molecule has 25 heavy (non-hydrogen) atoms. The number of methoxy groups -OCH3 is 1. The number of ether oxygens (including phenoxy) is 1. The molecule has 3 aromatic rings. The van der Waals surface area contributed by atoms with Crippen molar-refractivity contribution in [2.75, 3.05) is 7.11 Å². The first kappa shape index (κ1) is 17.0. The van der Waals surface area contributed by atoms with Gasteiger partial charge in [-0.2, -0.15) is 0 Å². The Kier molecular flexibility index (Phi) is 4.74. The minimum absolute atomic E-state index is 0.135. The fourth-order valence-electron chi connectivity index (χ4n) is 2.96. The van der Waals surface area contributed by atoms with E-state index in [-0.39, 0.29) is 17.9 Å². The Bertz CT molecular complexity index is 899. The molecular formula is C20H23N3O2. The van der Waals surface area contributed by atoms with E-state index < -0.39 is 0 Å². The standard InChI is InChI=1S/C20H23N3O2/c1-13(2)18(19-21-16-10-5-6-11-17(16)23(19)3)22-20(24)14-8-7-9-15(12-14)25-4/h5-13,18H,1-4H3,(H,22,24). The van der Waals surface area contributed by atoms with Crippen LogP contribution in [0.25, 0.3) is 11.0 Å². The molecule has 0 saturated heterocycles. The third-order valence-corrected chi connectivity index (χ3v) is 4.39. The number of nitrogens with one attached hydrogen (secondary N) is 1. The lowest BCUT2D eigenvalue weighted by Crippen LogP contribution is -2.33. The normalized spacial score (nSPS) is 12.4. The van der Waals surface area contributed by atoms with Crippen molar-refractivity contribution in [1.82, 2.24) is 14.9 Å². The number of imidazole rings is 1. The molecule has 1 heterocycles. The fourth-order valence-corrected chi connectivity index (χ4v) is 2.96. The number of aromatic nitrogens is 2. The number of carbonyl (C=O) groups is 1. The fraction of sp³-hybridized carbons (Fsp3) is 0.300. The van der Waals surface area contributed by atoms with Gasteiger partial charge in [-0.1, -0.05) is 32.0 Å². The third kappa shape index (κ3) is 3.36. The van der Waals surface area contributed by atoms with Crippen molar-refractivity contribution in [3.8, 4) is 5.75 Å². The molecule has 1 aromatic heterocycles. The van der Waals surface area contributed by atoms with E-state index in [1.165, 1.54) is 0 Å². The van der Waals surface area contributed by atoms with Crippen molar-refractivity contribution >= 4 is 16.9 Å². The van der Waals surface area contributed by atoms with Gasteiger partial charge in [0.1, 0.15) is 11.6 Å². The second-order valence-electron chi connectivity index (χ2n) is 6.44. The lowest BCUT2D eigenvalue weighted by molar-refractivity contribution is 0.0922. The number of rotatable bonds is 5. The molecule has 1 unspecified atom stereocenters. The topological polar surface area (TPSA) is 56.1 Å². The summed E-state index contributed by atoms with van der Waals surface area (Å²) in [7, 11) is 3.57. The summed E-state index contributed by atoms with van der Waals surface area (Å²) in [5, 5.41) is 3.12. The Hall–Kier alpha value is -2.82. The Morgan fingerprint density at radius 1 is 1.16 bits per heavy atom. The molecule has 1 N–H and O–H groups in total. The van der Waals surface area contributed by atoms with E-state index in [9.17, 15) is 4.79 Å². The van der Waals surface area contributed by atoms with Crippen LogP contribution >= 0.6 is 0 Å². The molecule has 0 spiro atoms. The molecule has 5 heteroatoms. The maximum atomic E-state index is 12.7. The highest BCUT2D eigenvalue weighted by Gasteiger charge is 2.24. The molecule has 0 fully saturated rings. The van der Waals surface area contributed by atoms with E-state index in [4.69, 9.17) is 9.72 Å². The first-order chi connectivity index (χ1) is 12.0. The van der Waals surface area contributed by atoms with Gasteiger partial charge in [-0.05, 0) is 36.2 Å². The van der Waals surface area contributed by atoms with Crippen LogP contribution in [0.4, 0.5) is 0 Å². The first-order valence-corrected chi connectivity index (χ1v) is 8.37. The van der Waals surface area contributed by atoms with Crippen LogP contribution in [-0.4, -0.2) is 22.6 Å². The zero-order valence-corrected chi connectivity index (χ0v) is 15.0. The van der Waals surface area contributed by atoms with Gasteiger partial charge in [-0.3, -0.25) is 4.79 Å². The summed E-state index contributed by atoms with van der Waals surface area (Å²) in [6.07, 6.45) is 0. The first-order valence-electron chi connectivity index (χ1n) is 8.37. The van der Waals surface area contributed by atoms with Crippen molar-refractivity contribution in [3.05, 3.63) is 59.9 Å². The van der Waals surface area contributed by atoms with E-state index in [1.807, 2.05) is 48.0 Å². The average molecular weight is 337 g/mol. The zero-order chi connectivity index (χ0) is 18.0. The van der Waals surface area contributed by atoms with Gasteiger partial charge in [0.25, 0.3) is 5.91 Å². The maximum absolute atomic E-state index is 12.7. The third-order valence-electron chi connectivity index (χ3n) is 4.39. The monoisotopic (exact) mass is 337 g/mol. The van der Waals surface area contributed by atoms with Crippen molar-refractivity contribution in [2.24, 2.45) is 13.0 Å². The Morgan fingerprint density at radius 3 is 2.60 bits per heavy atom. The SMILES string of the molecule is COc1cccc(C(=O)NC(c2nc3ccccc3n2C)C(C)C)c1. The van der Waals surface area contributed by atoms with Crippen LogP contribution in [0.1, 0.15) is 36.1 Å². The minimum Gasteiger partial charge on any atom is -0.497 e. The van der Waals surface area contributed by atoms with Crippen LogP contribution in [-0.2, 0) is 7.05 Å². The molecule has 0 aliphatic rings. The molecule has 0 radical (unpaired) electrons. The number of carbonyl (C=O) groups excluding carboxylic acids is 1. The van der Waals surface area contributed by atoms with Crippen LogP contribution in [0.5, 0.6) is 5.75 Å². The van der Waals surface area contributed by atoms with Gasteiger partial charge in [-0.25, -0.2) is 4.98 Å². The number of amides is 1. The van der Waals surface area contributed by atoms with Crippen LogP contribution in [0.2, 0.25) is 0 Å². The summed E-state index contributed by atoms with van der Waals surface area (Å²) in [6, 6.07) is 15.0. The molecule has 0 saturated carbocycles. The lowest BCUT2D eigenvalue weighted by atomic mass is 10.0. The molecule has 3 rings (SSSR count). The van der Waals surface area contributed by atoms with Gasteiger partial charge in [0.15, 0.2) is 0 Å². The molecular weight excluding hydrogens is 314 g/mol. The summed E-state index contributed by atoms with van der Waals surface area (Å²) in [5.74, 6) is 1.58. The highest BCUT2D eigenvalue weighted by molar-refractivity contribution is 5.94. The largest absolute Gasteiger partial charge is 0.497 e. The average Bonchev–Trinajstić information content (AvgIpc) is 2.96. The summed E-state index contributed by atoms with van der Waals surface area (Å²) in [6.45, 7) is 4.16. The van der Waals surface area contributed by atoms with E-state index in [0.29, 0.717) is 11.3 Å². The molecule has 1 atom stereocenters. The van der Waals surface area contributed by atoms with Gasteiger partial charge in [-0.15, -0.1) is 0 Å². The van der Waals surface area contributed by atoms with Crippen molar-refractivity contribution in [3.63, 3.8) is 0 Å². The molecule has 130 valence electrons. The zero-order valence-electron chi connectivity index (χ0n) is 15.0. The molecule has 0 aliphatic carbocycles. The maximum Gasteiger partial charge on any atom is 0.252 e. The predicted molar refractivity (Wildman–Crippen MR) is 98.8 cm³/mol. The van der Waals surface area contributed by atoms with Crippen molar-refractivity contribution in [1.29, 1.82) is 0 Å². The van der Waals surface area contributed by atoms with E-state index in [0.717, 1.165) is 16.9 Å². The Labute approximate surface area is 147 Å². The Balaban J connectivity index is 1.93. The second kappa shape index (κ2) is 6.97. The molecule has 5 nitrogen and oxygen atoms in total. The lowest BCUT2D eigenvalue weighted by Gasteiger charge is -2.22. The number of fused-ring (bicyclic) bond motifs is 1. The summed E-state index contributed by atoms with van der Waals surface area (Å²) < 4.78 is 7.25. The number of hydrogen-bond donors (Lipinski definition) is 1. The van der Waals surface area contributed by atoms with E-state index in [2.05, 4.69) is 19.2 Å². The van der Waals surface area contributed by atoms with Crippen LogP contribution in [0, 0.1) is 5.92 Å². The molecule has 1 amide bonds. The number of hydrogen-bond acceptors (Lipinski definition) is 3. The van der Waals surface area contributed by atoms with Crippen LogP contribution in [0.15, 0.2) is 48.5 Å². The smallest absolute Gasteiger partial charge is 0.252 e. The summed E-state index contributed by atoms with van der Waals surface area (Å²) >= 11 is 0. The second-order valence-corrected chi connectivity index (χ2v) is 6.44. The summed E-state index contributed by atoms with van der Waals surface area (Å²) in [5.41, 5.74) is 2.56. The van der Waals surface area contributed by atoms with E-state index in [1.54, 1.807) is 19.2 Å². The number of nitrogens with zero attached hydrogens (tertiary/aromatic N) is 2. The highest BCUT2D eigenvalue weighted by atomic mass is 16.5. The van der Waals surface area contributed by atoms with Gasteiger partial charge in [0.05, 0.1) is 24.2 Å². The van der Waals surface area contributed by atoms with Gasteiger partial charge < -0.3 is 14.6 Å². The van der Waals surface area contributed by atoms with Gasteiger partial charge in [0, 0.05) is 12.6 Å². The van der Waals surface area contributed by atoms with E-state index >= 15 is 0 Å². The molecule has 0 bridgehead atoms. The van der Waals surface area contributed by atoms with Crippen LogP contribution < -0.4 is 10.1 Å². The Morgan fingerprint density at radius 2 is 1.92 bits per heavy atom. The molecule has 2 aromatic carbocycles. The van der Waals surface area contributed by atoms with Crippen molar-refractivity contribution < 1.29 is 9.53 Å². The number of benzene rings is 2. The number of aryl methyl sites for hydroxylation is 1. The number of para-hydroxylation sites is 2. The molecule has 0 aliphatic heterocycles. The van der Waals surface area contributed by atoms with Crippen LogP contribution in [0.3, 0.4) is 0 Å². The summed E-state index contributed by atoms with van der Waals surface area (Å²) in [4.78, 5) is 17.5. The van der Waals surface area contributed by atoms with Gasteiger partial charge >= 0.3 is 0 Å². The van der Waals surface area contributed by atoms with Gasteiger partial charge in [0.2, 0.25) is 0 Å². The highest BCUT2D eigenvalue weighted by Crippen LogP contribution is 2.25. The quantitative estimate of drug-likeness (QED) is 0.772.